The van der Waals surface area contributed by atoms with Crippen LogP contribution in [0.5, 0.6) is 5.75 Å². The minimum atomic E-state index is -0.547. The highest BCUT2D eigenvalue weighted by atomic mass is 32.2. The van der Waals surface area contributed by atoms with Crippen LogP contribution in [0.1, 0.15) is 39.2 Å². The molecule has 0 saturated carbocycles. The van der Waals surface area contributed by atoms with Crippen molar-refractivity contribution in [3.63, 3.8) is 0 Å². The summed E-state index contributed by atoms with van der Waals surface area (Å²) in [6, 6.07) is 3.95. The van der Waals surface area contributed by atoms with E-state index >= 15 is 0 Å². The molecule has 180 valence electrons. The molecular weight excluding hydrogens is 445 g/mol. The number of nitrogens with one attached hydrogen (secondary N) is 1. The van der Waals surface area contributed by atoms with Gasteiger partial charge in [0, 0.05) is 44.4 Å². The lowest BCUT2D eigenvalue weighted by atomic mass is 10.2. The normalized spacial score (nSPS) is 17.6. The Labute approximate surface area is 198 Å². The molecule has 10 heteroatoms. The summed E-state index contributed by atoms with van der Waals surface area (Å²) in [5.41, 5.74) is 3.68. The first-order chi connectivity index (χ1) is 15.9. The zero-order chi connectivity index (χ0) is 23.8. The summed E-state index contributed by atoms with van der Waals surface area (Å²) in [5.74, 6) is -0.809. The van der Waals surface area contributed by atoms with Crippen LogP contribution in [0.15, 0.2) is 28.1 Å². The van der Waals surface area contributed by atoms with Gasteiger partial charge in [-0.3, -0.25) is 9.80 Å². The lowest BCUT2D eigenvalue weighted by Crippen LogP contribution is -2.45. The third-order valence-electron chi connectivity index (χ3n) is 5.63. The van der Waals surface area contributed by atoms with Gasteiger partial charge in [0.05, 0.1) is 4.91 Å². The van der Waals surface area contributed by atoms with Crippen LogP contribution in [-0.2, 0) is 4.79 Å². The largest absolute Gasteiger partial charge is 0.415 e. The zero-order valence-electron chi connectivity index (χ0n) is 19.5. The summed E-state index contributed by atoms with van der Waals surface area (Å²) in [4.78, 5) is 33.6. The monoisotopic (exact) mass is 477 g/mol. The van der Waals surface area contributed by atoms with E-state index in [0.29, 0.717) is 28.7 Å². The van der Waals surface area contributed by atoms with E-state index in [1.165, 1.54) is 30.0 Å². The number of rotatable bonds is 8. The van der Waals surface area contributed by atoms with Crippen LogP contribution >= 0.6 is 11.8 Å². The predicted octanol–water partition coefficient (Wildman–Crippen LogP) is 3.56. The van der Waals surface area contributed by atoms with Gasteiger partial charge in [0.1, 0.15) is 11.6 Å². The SMILES string of the molecule is CCN(CC)CCN(CC)C(=O)Oc1cc(F)ccc1/C=C1\SC(N2CCCCN2)=NC1=O. The number of amidine groups is 1. The molecule has 3 rings (SSSR count). The molecule has 1 fully saturated rings. The van der Waals surface area contributed by atoms with Gasteiger partial charge in [-0.2, -0.15) is 4.99 Å². The maximum atomic E-state index is 14.0. The molecule has 8 nitrogen and oxygen atoms in total. The van der Waals surface area contributed by atoms with E-state index < -0.39 is 11.9 Å². The van der Waals surface area contributed by atoms with Crippen molar-refractivity contribution in [2.75, 3.05) is 45.8 Å². The van der Waals surface area contributed by atoms with Gasteiger partial charge in [-0.05, 0) is 62.8 Å². The Balaban J connectivity index is 1.72. The second-order valence-electron chi connectivity index (χ2n) is 7.73. The van der Waals surface area contributed by atoms with Crippen LogP contribution in [0.25, 0.3) is 6.08 Å². The van der Waals surface area contributed by atoms with Crippen molar-refractivity contribution in [3.05, 3.63) is 34.5 Å². The van der Waals surface area contributed by atoms with Crippen molar-refractivity contribution in [1.82, 2.24) is 20.2 Å². The number of likely N-dealkylation sites (N-methyl/N-ethyl adjacent to an activating group) is 2. The van der Waals surface area contributed by atoms with Gasteiger partial charge in [0.15, 0.2) is 5.17 Å². The van der Waals surface area contributed by atoms with Crippen LogP contribution in [0, 0.1) is 5.82 Å². The van der Waals surface area contributed by atoms with Crippen LogP contribution in [0.4, 0.5) is 9.18 Å². The highest BCUT2D eigenvalue weighted by Crippen LogP contribution is 2.33. The maximum Gasteiger partial charge on any atom is 0.415 e. The lowest BCUT2D eigenvalue weighted by molar-refractivity contribution is -0.113. The molecule has 1 N–H and O–H groups in total. The number of aliphatic imine (C=N–C) groups is 1. The second-order valence-corrected chi connectivity index (χ2v) is 8.74. The fraction of sp³-hybridized carbons (Fsp3) is 0.522. The molecule has 2 heterocycles. The number of ether oxygens (including phenoxy) is 1. The molecule has 0 unspecified atom stereocenters. The summed E-state index contributed by atoms with van der Waals surface area (Å²) in [5, 5.41) is 2.48. The van der Waals surface area contributed by atoms with Crippen molar-refractivity contribution in [3.8, 4) is 5.75 Å². The highest BCUT2D eigenvalue weighted by molar-refractivity contribution is 8.18. The first kappa shape index (κ1) is 25.2. The van der Waals surface area contributed by atoms with Crippen LogP contribution in [0.2, 0.25) is 0 Å². The lowest BCUT2D eigenvalue weighted by Gasteiger charge is -2.28. The molecule has 0 radical (unpaired) electrons. The molecule has 0 bridgehead atoms. The first-order valence-corrected chi connectivity index (χ1v) is 12.3. The van der Waals surface area contributed by atoms with Crippen molar-refractivity contribution in [2.24, 2.45) is 4.99 Å². The number of amides is 2. The minimum Gasteiger partial charge on any atom is -0.409 e. The summed E-state index contributed by atoms with van der Waals surface area (Å²) >= 11 is 1.25. The summed E-state index contributed by atoms with van der Waals surface area (Å²) < 4.78 is 19.6. The molecule has 33 heavy (non-hydrogen) atoms. The molecule has 2 aliphatic rings. The average Bonchev–Trinajstić information content (AvgIpc) is 3.19. The van der Waals surface area contributed by atoms with Crippen LogP contribution in [0.3, 0.4) is 0 Å². The quantitative estimate of drug-likeness (QED) is 0.574. The molecule has 2 amide bonds. The Kier molecular flexibility index (Phi) is 9.28. The van der Waals surface area contributed by atoms with E-state index in [1.807, 2.05) is 11.9 Å². The number of carbonyl (C=O) groups is 2. The summed E-state index contributed by atoms with van der Waals surface area (Å²) in [7, 11) is 0. The molecule has 1 aromatic rings. The molecule has 0 aromatic heterocycles. The molecule has 0 aliphatic carbocycles. The van der Waals surface area contributed by atoms with E-state index in [9.17, 15) is 14.0 Å². The Morgan fingerprint density at radius 1 is 1.24 bits per heavy atom. The van der Waals surface area contributed by atoms with Gasteiger partial charge in [-0.15, -0.1) is 0 Å². The van der Waals surface area contributed by atoms with E-state index in [4.69, 9.17) is 4.74 Å². The Bertz CT molecular complexity index is 913. The molecule has 2 aliphatic heterocycles. The van der Waals surface area contributed by atoms with Crippen molar-refractivity contribution < 1.29 is 18.7 Å². The van der Waals surface area contributed by atoms with Gasteiger partial charge >= 0.3 is 6.09 Å². The number of carbonyl (C=O) groups excluding carboxylic acids is 2. The minimum absolute atomic E-state index is 0.0757. The number of thioether (sulfide) groups is 1. The fourth-order valence-electron chi connectivity index (χ4n) is 3.56. The number of hydrazine groups is 1. The summed E-state index contributed by atoms with van der Waals surface area (Å²) in [6.45, 7) is 11.1. The number of halogens is 1. The Hall–Kier alpha value is -2.43. The van der Waals surface area contributed by atoms with Crippen LogP contribution in [-0.4, -0.2) is 77.8 Å². The smallest absolute Gasteiger partial charge is 0.409 e. The molecule has 1 saturated heterocycles. The zero-order valence-corrected chi connectivity index (χ0v) is 20.3. The fourth-order valence-corrected chi connectivity index (χ4v) is 4.47. The number of hydrogen-bond acceptors (Lipinski definition) is 7. The number of benzene rings is 1. The highest BCUT2D eigenvalue weighted by Gasteiger charge is 2.27. The molecule has 1 aromatic carbocycles. The predicted molar refractivity (Wildman–Crippen MR) is 129 cm³/mol. The van der Waals surface area contributed by atoms with E-state index in [1.54, 1.807) is 11.0 Å². The molecule has 0 spiro atoms. The molecular formula is C23H32FN5O3S. The van der Waals surface area contributed by atoms with Crippen molar-refractivity contribution in [2.45, 2.75) is 33.6 Å². The summed E-state index contributed by atoms with van der Waals surface area (Å²) in [6.07, 6.45) is 3.16. The second kappa shape index (κ2) is 12.2. The first-order valence-electron chi connectivity index (χ1n) is 11.5. The van der Waals surface area contributed by atoms with E-state index in [2.05, 4.69) is 29.2 Å². The van der Waals surface area contributed by atoms with Gasteiger partial charge in [0.2, 0.25) is 0 Å². The van der Waals surface area contributed by atoms with E-state index in [-0.39, 0.29) is 11.7 Å². The third kappa shape index (κ3) is 6.78. The maximum absolute atomic E-state index is 14.0. The topological polar surface area (TPSA) is 77.5 Å². The third-order valence-corrected chi connectivity index (χ3v) is 6.64. The van der Waals surface area contributed by atoms with Gasteiger partial charge in [-0.1, -0.05) is 13.8 Å². The molecule has 0 atom stereocenters. The Morgan fingerprint density at radius 3 is 2.70 bits per heavy atom. The van der Waals surface area contributed by atoms with Crippen molar-refractivity contribution in [1.29, 1.82) is 0 Å². The number of hydrogen-bond donors (Lipinski definition) is 1. The van der Waals surface area contributed by atoms with E-state index in [0.717, 1.165) is 45.6 Å². The standard InChI is InChI=1S/C23H32FN5O3S/c1-4-27(5-2)13-14-28(6-3)23(31)32-19-16-18(24)10-9-17(19)15-20-21(30)26-22(33-20)29-12-8-7-11-25-29/h9-10,15-16,25H,4-8,11-14H2,1-3H3/b20-15-. The Morgan fingerprint density at radius 2 is 2.03 bits per heavy atom. The van der Waals surface area contributed by atoms with Gasteiger partial charge in [-0.25, -0.2) is 14.6 Å². The van der Waals surface area contributed by atoms with Crippen LogP contribution < -0.4 is 10.2 Å². The van der Waals surface area contributed by atoms with Gasteiger partial charge in [0.25, 0.3) is 5.91 Å². The average molecular weight is 478 g/mol. The number of nitrogens with zero attached hydrogens (tertiary/aromatic N) is 4. The van der Waals surface area contributed by atoms with Gasteiger partial charge < -0.3 is 14.5 Å². The van der Waals surface area contributed by atoms with Crippen molar-refractivity contribution >= 4 is 35.0 Å².